The monoisotopic (exact) mass is 220 g/mol. The molecule has 0 atom stereocenters. The molecule has 0 saturated carbocycles. The second kappa shape index (κ2) is 3.03. The molecule has 0 aromatic carbocycles. The van der Waals surface area contributed by atoms with Crippen molar-refractivity contribution >= 4 is 33.1 Å². The normalized spacial score (nSPS) is 11.9. The lowest BCUT2D eigenvalue weighted by atomic mass is 10.4. The number of halogens is 1. The summed E-state index contributed by atoms with van der Waals surface area (Å²) in [5.74, 6) is 0.149. The van der Waals surface area contributed by atoms with Crippen molar-refractivity contribution in [1.29, 1.82) is 0 Å². The SMILES string of the molecule is N/C(=N/O)c1cc(Br)cs1. The van der Waals surface area contributed by atoms with Crippen LogP contribution in [0.5, 0.6) is 0 Å². The maximum atomic E-state index is 8.25. The van der Waals surface area contributed by atoms with Gasteiger partial charge < -0.3 is 10.9 Å². The summed E-state index contributed by atoms with van der Waals surface area (Å²) in [6.45, 7) is 0. The van der Waals surface area contributed by atoms with Gasteiger partial charge in [0.1, 0.15) is 0 Å². The third kappa shape index (κ3) is 1.48. The first-order valence-corrected chi connectivity index (χ1v) is 4.13. The van der Waals surface area contributed by atoms with Gasteiger partial charge in [0, 0.05) is 9.85 Å². The van der Waals surface area contributed by atoms with E-state index < -0.39 is 0 Å². The van der Waals surface area contributed by atoms with Gasteiger partial charge in [-0.1, -0.05) is 5.16 Å². The number of rotatable bonds is 1. The fraction of sp³-hybridized carbons (Fsp3) is 0. The van der Waals surface area contributed by atoms with E-state index in [2.05, 4.69) is 21.1 Å². The van der Waals surface area contributed by atoms with Crippen LogP contribution in [0.3, 0.4) is 0 Å². The number of oxime groups is 1. The lowest BCUT2D eigenvalue weighted by Gasteiger charge is -1.87. The minimum Gasteiger partial charge on any atom is -0.409 e. The molecule has 3 N–H and O–H groups in total. The Hall–Kier alpha value is -0.550. The van der Waals surface area contributed by atoms with Crippen LogP contribution >= 0.6 is 27.3 Å². The van der Waals surface area contributed by atoms with Crippen LogP contribution in [0.15, 0.2) is 21.1 Å². The molecular formula is C5H5BrN2OS. The molecule has 0 unspecified atom stereocenters. The van der Waals surface area contributed by atoms with E-state index in [-0.39, 0.29) is 5.84 Å². The molecule has 0 aliphatic carbocycles. The fourth-order valence-electron chi connectivity index (χ4n) is 0.497. The van der Waals surface area contributed by atoms with E-state index in [0.29, 0.717) is 0 Å². The number of amidine groups is 1. The number of nitrogens with two attached hydrogens (primary N) is 1. The van der Waals surface area contributed by atoms with Crippen molar-refractivity contribution in [1.82, 2.24) is 0 Å². The largest absolute Gasteiger partial charge is 0.409 e. The summed E-state index contributed by atoms with van der Waals surface area (Å²) in [6, 6.07) is 1.79. The summed E-state index contributed by atoms with van der Waals surface area (Å²) < 4.78 is 0.944. The molecule has 1 aromatic heterocycles. The number of hydrogen-bond donors (Lipinski definition) is 2. The molecule has 0 saturated heterocycles. The zero-order valence-electron chi connectivity index (χ0n) is 4.91. The molecule has 1 rings (SSSR count). The molecule has 0 spiro atoms. The van der Waals surface area contributed by atoms with Crippen molar-refractivity contribution in [3.05, 3.63) is 20.8 Å². The maximum absolute atomic E-state index is 8.25. The van der Waals surface area contributed by atoms with Crippen LogP contribution in [0.2, 0.25) is 0 Å². The molecule has 0 aliphatic heterocycles. The molecule has 0 aliphatic rings. The van der Waals surface area contributed by atoms with Crippen LogP contribution in [0.1, 0.15) is 4.88 Å². The highest BCUT2D eigenvalue weighted by Gasteiger charge is 2.00. The first-order valence-electron chi connectivity index (χ1n) is 2.46. The van der Waals surface area contributed by atoms with Crippen LogP contribution in [0.25, 0.3) is 0 Å². The van der Waals surface area contributed by atoms with Crippen molar-refractivity contribution in [3.63, 3.8) is 0 Å². The van der Waals surface area contributed by atoms with Crippen LogP contribution < -0.4 is 5.73 Å². The topological polar surface area (TPSA) is 58.6 Å². The Morgan fingerprint density at radius 1 is 1.80 bits per heavy atom. The number of hydrogen-bond acceptors (Lipinski definition) is 3. The first kappa shape index (κ1) is 7.56. The highest BCUT2D eigenvalue weighted by Crippen LogP contribution is 2.18. The van der Waals surface area contributed by atoms with Gasteiger partial charge in [-0.05, 0) is 22.0 Å². The zero-order valence-corrected chi connectivity index (χ0v) is 7.32. The van der Waals surface area contributed by atoms with Gasteiger partial charge in [-0.2, -0.15) is 0 Å². The van der Waals surface area contributed by atoms with Crippen molar-refractivity contribution in [3.8, 4) is 0 Å². The average molecular weight is 221 g/mol. The molecular weight excluding hydrogens is 216 g/mol. The highest BCUT2D eigenvalue weighted by atomic mass is 79.9. The quantitative estimate of drug-likeness (QED) is 0.327. The highest BCUT2D eigenvalue weighted by molar-refractivity contribution is 9.10. The lowest BCUT2D eigenvalue weighted by Crippen LogP contribution is -2.10. The summed E-state index contributed by atoms with van der Waals surface area (Å²) in [4.78, 5) is 0.759. The van der Waals surface area contributed by atoms with Gasteiger partial charge in [0.25, 0.3) is 0 Å². The summed E-state index contributed by atoms with van der Waals surface area (Å²) >= 11 is 4.67. The maximum Gasteiger partial charge on any atom is 0.180 e. The number of nitrogens with zero attached hydrogens (tertiary/aromatic N) is 1. The van der Waals surface area contributed by atoms with Crippen molar-refractivity contribution < 1.29 is 5.21 Å². The summed E-state index contributed by atoms with van der Waals surface area (Å²) in [5, 5.41) is 13.0. The van der Waals surface area contributed by atoms with Gasteiger partial charge in [-0.15, -0.1) is 11.3 Å². The van der Waals surface area contributed by atoms with E-state index in [1.54, 1.807) is 6.07 Å². The minimum absolute atomic E-state index is 0.149. The van der Waals surface area contributed by atoms with E-state index >= 15 is 0 Å². The van der Waals surface area contributed by atoms with Gasteiger partial charge in [-0.3, -0.25) is 0 Å². The van der Waals surface area contributed by atoms with Crippen LogP contribution in [-0.4, -0.2) is 11.0 Å². The molecule has 0 bridgehead atoms. The molecule has 54 valence electrons. The van der Waals surface area contributed by atoms with Crippen molar-refractivity contribution in [2.24, 2.45) is 10.9 Å². The van der Waals surface area contributed by atoms with Gasteiger partial charge in [-0.25, -0.2) is 0 Å². The van der Waals surface area contributed by atoms with Gasteiger partial charge >= 0.3 is 0 Å². The molecule has 0 radical (unpaired) electrons. The third-order valence-corrected chi connectivity index (χ3v) is 2.64. The van der Waals surface area contributed by atoms with Gasteiger partial charge in [0.2, 0.25) is 0 Å². The molecule has 10 heavy (non-hydrogen) atoms. The van der Waals surface area contributed by atoms with Crippen molar-refractivity contribution in [2.75, 3.05) is 0 Å². The molecule has 1 heterocycles. The van der Waals surface area contributed by atoms with Crippen LogP contribution in [0, 0.1) is 0 Å². The predicted molar refractivity (Wildman–Crippen MR) is 44.5 cm³/mol. The Bertz CT molecular complexity index is 258. The van der Waals surface area contributed by atoms with Crippen LogP contribution in [0.4, 0.5) is 0 Å². The first-order chi connectivity index (χ1) is 4.74. The molecule has 0 fully saturated rings. The predicted octanol–water partition coefficient (Wildman–Crippen LogP) is 1.61. The Morgan fingerprint density at radius 2 is 2.50 bits per heavy atom. The Balaban J connectivity index is 2.95. The third-order valence-electron chi connectivity index (χ3n) is 0.928. The van der Waals surface area contributed by atoms with Gasteiger partial charge in [0.05, 0.1) is 4.88 Å². The van der Waals surface area contributed by atoms with E-state index in [4.69, 9.17) is 10.9 Å². The standard InChI is InChI=1S/C5H5BrN2OS/c6-3-1-4(10-2-3)5(7)8-9/h1-2,9H,(H2,7,8). The fourth-order valence-corrected chi connectivity index (χ4v) is 1.82. The van der Waals surface area contributed by atoms with E-state index in [9.17, 15) is 0 Å². The zero-order chi connectivity index (χ0) is 7.56. The minimum atomic E-state index is 0.149. The lowest BCUT2D eigenvalue weighted by molar-refractivity contribution is 0.319. The molecule has 5 heteroatoms. The Kier molecular flexibility index (Phi) is 2.29. The van der Waals surface area contributed by atoms with E-state index in [0.717, 1.165) is 9.35 Å². The van der Waals surface area contributed by atoms with E-state index in [1.807, 2.05) is 5.38 Å². The molecule has 3 nitrogen and oxygen atoms in total. The van der Waals surface area contributed by atoms with Gasteiger partial charge in [0.15, 0.2) is 5.84 Å². The summed E-state index contributed by atoms with van der Waals surface area (Å²) in [6.07, 6.45) is 0. The smallest absolute Gasteiger partial charge is 0.180 e. The number of thiophene rings is 1. The molecule has 0 amide bonds. The summed E-state index contributed by atoms with van der Waals surface area (Å²) in [5.41, 5.74) is 5.30. The average Bonchev–Trinajstić information content (AvgIpc) is 2.34. The Labute approximate surface area is 70.3 Å². The second-order valence-electron chi connectivity index (χ2n) is 1.61. The Morgan fingerprint density at radius 3 is 2.90 bits per heavy atom. The second-order valence-corrected chi connectivity index (χ2v) is 3.44. The molecule has 1 aromatic rings. The summed E-state index contributed by atoms with van der Waals surface area (Å²) in [7, 11) is 0. The van der Waals surface area contributed by atoms with Crippen molar-refractivity contribution in [2.45, 2.75) is 0 Å². The van der Waals surface area contributed by atoms with Crippen LogP contribution in [-0.2, 0) is 0 Å². The van der Waals surface area contributed by atoms with E-state index in [1.165, 1.54) is 11.3 Å².